The Morgan fingerprint density at radius 2 is 2.20 bits per heavy atom. The second-order valence-electron chi connectivity index (χ2n) is 4.80. The highest BCUT2D eigenvalue weighted by Gasteiger charge is 2.29. The Bertz CT molecular complexity index is 574. The van der Waals surface area contributed by atoms with Gasteiger partial charge < -0.3 is 15.2 Å². The fraction of sp³-hybridized carbons (Fsp3) is 0.538. The third kappa shape index (κ3) is 3.05. The van der Waals surface area contributed by atoms with Crippen molar-refractivity contribution in [2.75, 3.05) is 32.5 Å². The van der Waals surface area contributed by atoms with Gasteiger partial charge in [-0.1, -0.05) is 0 Å². The second-order valence-corrected chi connectivity index (χ2v) is 6.71. The normalized spacial score (nSPS) is 21.4. The van der Waals surface area contributed by atoms with Gasteiger partial charge >= 0.3 is 0 Å². The van der Waals surface area contributed by atoms with Crippen LogP contribution in [0.1, 0.15) is 13.3 Å². The molecule has 1 aliphatic rings. The lowest BCUT2D eigenvalue weighted by atomic mass is 10.3. The van der Waals surface area contributed by atoms with Crippen molar-refractivity contribution in [3.63, 3.8) is 0 Å². The minimum Gasteiger partial charge on any atom is -0.497 e. The van der Waals surface area contributed by atoms with Gasteiger partial charge in [-0.2, -0.15) is 4.31 Å². The summed E-state index contributed by atoms with van der Waals surface area (Å²) in [7, 11) is -2.09. The Morgan fingerprint density at radius 3 is 2.85 bits per heavy atom. The maximum absolute atomic E-state index is 12.7. The minimum atomic E-state index is -3.60. The molecule has 0 amide bonds. The van der Waals surface area contributed by atoms with Crippen LogP contribution in [0.15, 0.2) is 23.1 Å². The molecule has 0 aliphatic carbocycles. The summed E-state index contributed by atoms with van der Waals surface area (Å²) in [6, 6.07) is 4.60. The van der Waals surface area contributed by atoms with Gasteiger partial charge in [-0.15, -0.1) is 0 Å². The van der Waals surface area contributed by atoms with Crippen molar-refractivity contribution in [3.05, 3.63) is 18.2 Å². The van der Waals surface area contributed by atoms with E-state index in [9.17, 15) is 8.42 Å². The van der Waals surface area contributed by atoms with Gasteiger partial charge in [0, 0.05) is 25.8 Å². The first kappa shape index (κ1) is 15.1. The van der Waals surface area contributed by atoms with Gasteiger partial charge in [0.1, 0.15) is 10.6 Å². The molecule has 1 heterocycles. The molecule has 2 rings (SSSR count). The Morgan fingerprint density at radius 1 is 1.45 bits per heavy atom. The van der Waals surface area contributed by atoms with Crippen molar-refractivity contribution in [1.29, 1.82) is 0 Å². The van der Waals surface area contributed by atoms with E-state index in [0.29, 0.717) is 31.9 Å². The van der Waals surface area contributed by atoms with Crippen LogP contribution >= 0.6 is 0 Å². The molecule has 0 spiro atoms. The van der Waals surface area contributed by atoms with Gasteiger partial charge in [-0.3, -0.25) is 0 Å². The van der Waals surface area contributed by atoms with Crippen LogP contribution in [-0.2, 0) is 14.8 Å². The van der Waals surface area contributed by atoms with Crippen molar-refractivity contribution in [2.24, 2.45) is 0 Å². The SMILES string of the molecule is COc1ccc(S(=O)(=O)N2CCCOC(C)C2)c(N)c1. The maximum Gasteiger partial charge on any atom is 0.245 e. The Labute approximate surface area is 119 Å². The zero-order valence-electron chi connectivity index (χ0n) is 11.7. The van der Waals surface area contributed by atoms with Gasteiger partial charge in [-0.05, 0) is 25.5 Å². The summed E-state index contributed by atoms with van der Waals surface area (Å²) >= 11 is 0. The summed E-state index contributed by atoms with van der Waals surface area (Å²) in [6.07, 6.45) is 0.561. The molecule has 112 valence electrons. The zero-order chi connectivity index (χ0) is 14.8. The summed E-state index contributed by atoms with van der Waals surface area (Å²) < 4.78 is 37.3. The summed E-state index contributed by atoms with van der Waals surface area (Å²) in [6.45, 7) is 3.22. The predicted molar refractivity (Wildman–Crippen MR) is 76.2 cm³/mol. The Kier molecular flexibility index (Phi) is 4.52. The van der Waals surface area contributed by atoms with E-state index in [1.165, 1.54) is 23.5 Å². The van der Waals surface area contributed by atoms with Crippen molar-refractivity contribution < 1.29 is 17.9 Å². The highest BCUT2D eigenvalue weighted by Crippen LogP contribution is 2.27. The smallest absolute Gasteiger partial charge is 0.245 e. The predicted octanol–water partition coefficient (Wildman–Crippen LogP) is 1.08. The summed E-state index contributed by atoms with van der Waals surface area (Å²) in [4.78, 5) is 0.118. The van der Waals surface area contributed by atoms with Crippen LogP contribution in [0.4, 0.5) is 5.69 Å². The van der Waals surface area contributed by atoms with Crippen LogP contribution in [-0.4, -0.2) is 45.6 Å². The number of ether oxygens (including phenoxy) is 2. The van der Waals surface area contributed by atoms with Crippen LogP contribution in [0.25, 0.3) is 0 Å². The van der Waals surface area contributed by atoms with Crippen LogP contribution < -0.4 is 10.5 Å². The zero-order valence-corrected chi connectivity index (χ0v) is 12.5. The third-order valence-corrected chi connectivity index (χ3v) is 5.19. The average Bonchev–Trinajstić information content (AvgIpc) is 2.63. The summed E-state index contributed by atoms with van der Waals surface area (Å²) in [5, 5.41) is 0. The van der Waals surface area contributed by atoms with E-state index >= 15 is 0 Å². The molecule has 0 radical (unpaired) electrons. The van der Waals surface area contributed by atoms with Gasteiger partial charge in [0.25, 0.3) is 0 Å². The molecule has 20 heavy (non-hydrogen) atoms. The molecule has 6 nitrogen and oxygen atoms in total. The maximum atomic E-state index is 12.7. The molecule has 1 atom stereocenters. The van der Waals surface area contributed by atoms with Crippen LogP contribution in [0, 0.1) is 0 Å². The lowest BCUT2D eigenvalue weighted by Crippen LogP contribution is -2.36. The topological polar surface area (TPSA) is 81.9 Å². The fourth-order valence-corrected chi connectivity index (χ4v) is 3.85. The summed E-state index contributed by atoms with van der Waals surface area (Å²) in [5.41, 5.74) is 6.04. The molecule has 2 N–H and O–H groups in total. The van der Waals surface area contributed by atoms with E-state index in [-0.39, 0.29) is 16.7 Å². The van der Waals surface area contributed by atoms with Crippen molar-refractivity contribution in [1.82, 2.24) is 4.31 Å². The lowest BCUT2D eigenvalue weighted by Gasteiger charge is -2.22. The second kappa shape index (κ2) is 5.99. The molecule has 1 unspecified atom stereocenters. The first-order valence-corrected chi connectivity index (χ1v) is 7.94. The number of nitrogens with two attached hydrogens (primary N) is 1. The number of hydrogen-bond acceptors (Lipinski definition) is 5. The van der Waals surface area contributed by atoms with Crippen molar-refractivity contribution >= 4 is 15.7 Å². The molecular weight excluding hydrogens is 280 g/mol. The number of benzene rings is 1. The number of anilines is 1. The largest absolute Gasteiger partial charge is 0.497 e. The number of sulfonamides is 1. The van der Waals surface area contributed by atoms with E-state index in [0.717, 1.165) is 0 Å². The number of nitrogens with zero attached hydrogens (tertiary/aromatic N) is 1. The van der Waals surface area contributed by atoms with E-state index in [1.54, 1.807) is 6.07 Å². The molecule has 1 aromatic carbocycles. The molecule has 1 saturated heterocycles. The first-order valence-electron chi connectivity index (χ1n) is 6.50. The fourth-order valence-electron chi connectivity index (χ4n) is 2.20. The van der Waals surface area contributed by atoms with Gasteiger partial charge in [-0.25, -0.2) is 8.42 Å². The van der Waals surface area contributed by atoms with E-state index in [4.69, 9.17) is 15.2 Å². The van der Waals surface area contributed by atoms with Crippen molar-refractivity contribution in [3.8, 4) is 5.75 Å². The minimum absolute atomic E-state index is 0.118. The standard InChI is InChI=1S/C13H20N2O4S/c1-10-9-15(6-3-7-19-10)20(16,17)13-5-4-11(18-2)8-12(13)14/h4-5,8,10H,3,6-7,9,14H2,1-2H3. The molecule has 0 aromatic heterocycles. The van der Waals surface area contributed by atoms with Gasteiger partial charge in [0.2, 0.25) is 10.0 Å². The quantitative estimate of drug-likeness (QED) is 0.845. The Hall–Kier alpha value is -1.31. The molecule has 7 heteroatoms. The first-order chi connectivity index (χ1) is 9.45. The van der Waals surface area contributed by atoms with E-state index in [2.05, 4.69) is 0 Å². The molecule has 0 bridgehead atoms. The molecule has 1 fully saturated rings. The van der Waals surface area contributed by atoms with Crippen LogP contribution in [0.5, 0.6) is 5.75 Å². The molecule has 1 aliphatic heterocycles. The number of nitrogen functional groups attached to an aromatic ring is 1. The number of hydrogen-bond donors (Lipinski definition) is 1. The molecule has 0 saturated carbocycles. The van der Waals surface area contributed by atoms with E-state index in [1.807, 2.05) is 6.92 Å². The highest BCUT2D eigenvalue weighted by atomic mass is 32.2. The lowest BCUT2D eigenvalue weighted by molar-refractivity contribution is 0.0752. The van der Waals surface area contributed by atoms with Crippen molar-refractivity contribution in [2.45, 2.75) is 24.3 Å². The van der Waals surface area contributed by atoms with Gasteiger partial charge in [0.05, 0.1) is 18.9 Å². The number of rotatable bonds is 3. The monoisotopic (exact) mass is 300 g/mol. The third-order valence-electron chi connectivity index (χ3n) is 3.25. The molecule has 1 aromatic rings. The summed E-state index contributed by atoms with van der Waals surface area (Å²) in [5.74, 6) is 0.536. The van der Waals surface area contributed by atoms with Crippen LogP contribution in [0.2, 0.25) is 0 Å². The Balaban J connectivity index is 2.34. The average molecular weight is 300 g/mol. The van der Waals surface area contributed by atoms with Gasteiger partial charge in [0.15, 0.2) is 0 Å². The van der Waals surface area contributed by atoms with Crippen LogP contribution in [0.3, 0.4) is 0 Å². The van der Waals surface area contributed by atoms with E-state index < -0.39 is 10.0 Å². The molecular formula is C13H20N2O4S. The number of methoxy groups -OCH3 is 1. The highest BCUT2D eigenvalue weighted by molar-refractivity contribution is 7.89.